The van der Waals surface area contributed by atoms with E-state index in [0.29, 0.717) is 31.7 Å². The number of nitrogens with one attached hydrogen (secondary N) is 2. The van der Waals surface area contributed by atoms with Crippen LogP contribution in [-0.4, -0.2) is 33.7 Å². The normalized spacial score (nSPS) is 11.2. The summed E-state index contributed by atoms with van der Waals surface area (Å²) in [6.07, 6.45) is 3.22. The van der Waals surface area contributed by atoms with Crippen molar-refractivity contribution in [2.24, 2.45) is 0 Å². The highest BCUT2D eigenvalue weighted by molar-refractivity contribution is 7.98. The molecule has 0 aliphatic rings. The van der Waals surface area contributed by atoms with Crippen molar-refractivity contribution in [1.29, 1.82) is 0 Å². The summed E-state index contributed by atoms with van der Waals surface area (Å²) in [5, 5.41) is 2.68. The number of benzene rings is 2. The molecule has 0 heterocycles. The number of anilines is 1. The highest BCUT2D eigenvalue weighted by Gasteiger charge is 2.16. The van der Waals surface area contributed by atoms with Gasteiger partial charge in [-0.05, 0) is 55.9 Å². The van der Waals surface area contributed by atoms with Crippen LogP contribution >= 0.6 is 11.8 Å². The number of carbonyl (C=O) groups excluding carboxylic acids is 1. The van der Waals surface area contributed by atoms with Gasteiger partial charge in [-0.2, -0.15) is 0 Å². The Morgan fingerprint density at radius 2 is 1.93 bits per heavy atom. The van der Waals surface area contributed by atoms with Gasteiger partial charge >= 0.3 is 0 Å². The second-order valence-corrected chi connectivity index (χ2v) is 8.70. The molecule has 152 valence electrons. The first kappa shape index (κ1) is 22.3. The van der Waals surface area contributed by atoms with Crippen molar-refractivity contribution in [2.75, 3.05) is 24.7 Å². The minimum atomic E-state index is -3.66. The average molecular weight is 423 g/mol. The van der Waals surface area contributed by atoms with E-state index < -0.39 is 10.0 Å². The summed E-state index contributed by atoms with van der Waals surface area (Å²) in [5.41, 5.74) is 1.55. The van der Waals surface area contributed by atoms with Crippen molar-refractivity contribution >= 4 is 33.4 Å². The summed E-state index contributed by atoms with van der Waals surface area (Å²) < 4.78 is 33.4. The Morgan fingerprint density at radius 1 is 1.18 bits per heavy atom. The zero-order chi connectivity index (χ0) is 20.6. The molecule has 0 aliphatic carbocycles. The van der Waals surface area contributed by atoms with Crippen molar-refractivity contribution in [3.8, 4) is 5.75 Å². The molecule has 0 unspecified atom stereocenters. The van der Waals surface area contributed by atoms with E-state index in [1.807, 2.05) is 37.4 Å². The van der Waals surface area contributed by atoms with Crippen LogP contribution in [0.5, 0.6) is 5.75 Å². The number of aryl methyl sites for hydroxylation is 1. The molecule has 2 N–H and O–H groups in total. The Bertz CT molecular complexity index is 914. The molecule has 8 heteroatoms. The summed E-state index contributed by atoms with van der Waals surface area (Å²) in [6, 6.07) is 12.5. The molecule has 2 aromatic rings. The van der Waals surface area contributed by atoms with Gasteiger partial charge in [0.15, 0.2) is 0 Å². The van der Waals surface area contributed by atoms with Crippen LogP contribution in [0, 0.1) is 0 Å². The van der Waals surface area contributed by atoms with E-state index in [0.717, 1.165) is 16.2 Å². The second kappa shape index (κ2) is 10.5. The van der Waals surface area contributed by atoms with Crippen LogP contribution in [0.4, 0.5) is 5.69 Å². The lowest BCUT2D eigenvalue weighted by Gasteiger charge is -2.12. The van der Waals surface area contributed by atoms with Crippen molar-refractivity contribution in [2.45, 2.75) is 36.5 Å². The first-order chi connectivity index (χ1) is 13.4. The summed E-state index contributed by atoms with van der Waals surface area (Å²) in [5.74, 6) is 0.589. The molecule has 0 aromatic heterocycles. The van der Waals surface area contributed by atoms with Crippen LogP contribution in [0.25, 0.3) is 0 Å². The van der Waals surface area contributed by atoms with Crippen LogP contribution in [-0.2, 0) is 21.2 Å². The molecule has 2 rings (SSSR count). The van der Waals surface area contributed by atoms with Gasteiger partial charge in [0.25, 0.3) is 0 Å². The number of thioether (sulfide) groups is 1. The minimum Gasteiger partial charge on any atom is -0.494 e. The maximum absolute atomic E-state index is 12.6. The fourth-order valence-corrected chi connectivity index (χ4v) is 4.35. The quantitative estimate of drug-likeness (QED) is 0.451. The van der Waals surface area contributed by atoms with Gasteiger partial charge < -0.3 is 10.1 Å². The first-order valence-electron chi connectivity index (χ1n) is 9.03. The molecule has 6 nitrogen and oxygen atoms in total. The molecule has 0 aliphatic heterocycles. The predicted molar refractivity (Wildman–Crippen MR) is 114 cm³/mol. The number of para-hydroxylation sites is 1. The van der Waals surface area contributed by atoms with E-state index in [-0.39, 0.29) is 10.8 Å². The lowest BCUT2D eigenvalue weighted by molar-refractivity contribution is -0.114. The number of hydrogen-bond acceptors (Lipinski definition) is 5. The van der Waals surface area contributed by atoms with E-state index in [9.17, 15) is 13.2 Å². The van der Waals surface area contributed by atoms with Crippen LogP contribution in [0.2, 0.25) is 0 Å². The van der Waals surface area contributed by atoms with E-state index in [1.54, 1.807) is 12.1 Å². The number of ether oxygens (including phenoxy) is 1. The highest BCUT2D eigenvalue weighted by Crippen LogP contribution is 2.28. The second-order valence-electron chi connectivity index (χ2n) is 6.09. The summed E-state index contributed by atoms with van der Waals surface area (Å²) in [7, 11) is -3.66. The zero-order valence-electron chi connectivity index (χ0n) is 16.3. The Hall–Kier alpha value is -2.03. The topological polar surface area (TPSA) is 84.5 Å². The molecule has 0 fully saturated rings. The number of hydrogen-bond donors (Lipinski definition) is 2. The van der Waals surface area contributed by atoms with Gasteiger partial charge in [-0.15, -0.1) is 11.8 Å². The monoisotopic (exact) mass is 422 g/mol. The molecule has 1 amide bonds. The van der Waals surface area contributed by atoms with E-state index in [4.69, 9.17) is 4.74 Å². The van der Waals surface area contributed by atoms with Crippen molar-refractivity contribution in [3.05, 3.63) is 48.0 Å². The molecule has 0 saturated heterocycles. The first-order valence-corrected chi connectivity index (χ1v) is 11.7. The summed E-state index contributed by atoms with van der Waals surface area (Å²) in [4.78, 5) is 12.3. The van der Waals surface area contributed by atoms with Gasteiger partial charge in [0.2, 0.25) is 15.9 Å². The van der Waals surface area contributed by atoms with Gasteiger partial charge in [-0.1, -0.05) is 18.2 Å². The Balaban J connectivity index is 2.01. The lowest BCUT2D eigenvalue weighted by Crippen LogP contribution is -2.25. The van der Waals surface area contributed by atoms with Crippen molar-refractivity contribution < 1.29 is 17.9 Å². The summed E-state index contributed by atoms with van der Waals surface area (Å²) >= 11 is 1.44. The fourth-order valence-electron chi connectivity index (χ4n) is 2.72. The van der Waals surface area contributed by atoms with Crippen LogP contribution in [0.1, 0.15) is 25.8 Å². The molecule has 28 heavy (non-hydrogen) atoms. The lowest BCUT2D eigenvalue weighted by atomic mass is 10.1. The Kier molecular flexibility index (Phi) is 8.35. The van der Waals surface area contributed by atoms with E-state index in [2.05, 4.69) is 10.0 Å². The number of amides is 1. The van der Waals surface area contributed by atoms with E-state index >= 15 is 0 Å². The SMILES string of the molecule is CCOc1ccccc1CCCNS(=O)(=O)c1ccc(SC)c(NC(C)=O)c1. The number of carbonyl (C=O) groups is 1. The molecule has 0 saturated carbocycles. The molecular formula is C20H26N2O4S2. The summed E-state index contributed by atoms with van der Waals surface area (Å²) in [6.45, 7) is 4.22. The number of rotatable bonds is 10. The van der Waals surface area contributed by atoms with Crippen molar-refractivity contribution in [3.63, 3.8) is 0 Å². The largest absolute Gasteiger partial charge is 0.494 e. The number of sulfonamides is 1. The van der Waals surface area contributed by atoms with Crippen LogP contribution in [0.15, 0.2) is 52.3 Å². The van der Waals surface area contributed by atoms with Crippen molar-refractivity contribution in [1.82, 2.24) is 4.72 Å². The predicted octanol–water partition coefficient (Wildman–Crippen LogP) is 3.68. The van der Waals surface area contributed by atoms with Gasteiger partial charge in [0, 0.05) is 18.4 Å². The highest BCUT2D eigenvalue weighted by atomic mass is 32.2. The third kappa shape index (κ3) is 6.25. The van der Waals surface area contributed by atoms with Gasteiger partial charge in [-0.3, -0.25) is 4.79 Å². The maximum Gasteiger partial charge on any atom is 0.240 e. The van der Waals surface area contributed by atoms with Crippen LogP contribution < -0.4 is 14.8 Å². The third-order valence-corrected chi connectivity index (χ3v) is 6.23. The zero-order valence-corrected chi connectivity index (χ0v) is 18.0. The minimum absolute atomic E-state index is 0.128. The molecule has 0 atom stereocenters. The molecule has 0 bridgehead atoms. The van der Waals surface area contributed by atoms with Gasteiger partial charge in [-0.25, -0.2) is 13.1 Å². The Labute approximate surface area is 171 Å². The maximum atomic E-state index is 12.6. The molecule has 0 radical (unpaired) electrons. The van der Waals surface area contributed by atoms with Gasteiger partial charge in [0.05, 0.1) is 17.2 Å². The molecule has 0 spiro atoms. The Morgan fingerprint density at radius 3 is 2.61 bits per heavy atom. The van der Waals surface area contributed by atoms with Gasteiger partial charge in [0.1, 0.15) is 5.75 Å². The average Bonchev–Trinajstić information content (AvgIpc) is 2.66. The molecule has 2 aromatic carbocycles. The standard InChI is InChI=1S/C20H26N2O4S2/c1-4-26-19-10-6-5-8-16(19)9-7-13-21-28(24,25)17-11-12-20(27-3)18(14-17)22-15(2)23/h5-6,8,10-12,14,21H,4,7,9,13H2,1-3H3,(H,22,23). The third-order valence-electron chi connectivity index (χ3n) is 3.98. The van der Waals surface area contributed by atoms with Crippen LogP contribution in [0.3, 0.4) is 0 Å². The molecular weight excluding hydrogens is 396 g/mol. The smallest absolute Gasteiger partial charge is 0.240 e. The van der Waals surface area contributed by atoms with E-state index in [1.165, 1.54) is 24.8 Å². The fraction of sp³-hybridized carbons (Fsp3) is 0.350.